The van der Waals surface area contributed by atoms with E-state index in [1.807, 2.05) is 65.9 Å². The lowest BCUT2D eigenvalue weighted by Gasteiger charge is -2.04. The highest BCUT2D eigenvalue weighted by Crippen LogP contribution is 2.42. The summed E-state index contributed by atoms with van der Waals surface area (Å²) in [5.41, 5.74) is 4.29. The summed E-state index contributed by atoms with van der Waals surface area (Å²) in [6.07, 6.45) is 0. The second-order valence-corrected chi connectivity index (χ2v) is 18.5. The number of benzene rings is 6. The molecule has 0 unspecified atom stereocenters. The topological polar surface area (TPSA) is 92.0 Å². The van der Waals surface area contributed by atoms with E-state index in [9.17, 15) is 0 Å². The molecule has 0 saturated carbocycles. The van der Waals surface area contributed by atoms with Gasteiger partial charge in [-0.15, -0.1) is 45.3 Å². The third-order valence-corrected chi connectivity index (χ3v) is 15.0. The Bertz CT molecular complexity index is 3530. The van der Waals surface area contributed by atoms with E-state index in [0.717, 1.165) is 51.9 Å². The number of hydrogen-bond donors (Lipinski definition) is 2. The molecule has 6 aromatic carbocycles. The molecule has 0 bridgehead atoms. The Morgan fingerprint density at radius 3 is 1.45 bits per heavy atom. The van der Waals surface area contributed by atoms with Crippen LogP contribution in [-0.4, -0.2) is 37.1 Å². The minimum absolute atomic E-state index is 0.191. The van der Waals surface area contributed by atoms with Crippen LogP contribution in [0.4, 0.5) is 0 Å². The Kier molecular flexibility index (Phi) is 9.97. The van der Waals surface area contributed by atoms with Crippen LogP contribution in [0.2, 0.25) is 15.7 Å². The fourth-order valence-electron chi connectivity index (χ4n) is 7.07. The molecule has 14 heteroatoms. The Morgan fingerprint density at radius 2 is 0.862 bits per heavy atom. The molecule has 0 aliphatic rings. The van der Waals surface area contributed by atoms with Gasteiger partial charge in [0.25, 0.3) is 0 Å². The van der Waals surface area contributed by atoms with Crippen LogP contribution in [0, 0.1) is 0 Å². The first-order valence-corrected chi connectivity index (χ1v) is 22.2. The molecule has 0 radical (unpaired) electrons. The van der Waals surface area contributed by atoms with Crippen LogP contribution in [0.15, 0.2) is 133 Å². The highest BCUT2D eigenvalue weighted by Gasteiger charge is 2.17. The molecular weight excluding hydrogens is 862 g/mol. The van der Waals surface area contributed by atoms with Gasteiger partial charge in [-0.2, -0.15) is 0 Å². The number of halogens is 3. The van der Waals surface area contributed by atoms with Crippen LogP contribution in [0.5, 0.6) is 0 Å². The molecular formula is C44H24BCl3N4O2S4. The first-order chi connectivity index (χ1) is 28.3. The number of rotatable bonds is 2. The van der Waals surface area contributed by atoms with Gasteiger partial charge >= 0.3 is 7.12 Å². The maximum atomic E-state index is 9.12. The predicted octanol–water partition coefficient (Wildman–Crippen LogP) is 13.4. The Labute approximate surface area is 361 Å². The molecule has 280 valence electrons. The first-order valence-electron chi connectivity index (χ1n) is 17.8. The summed E-state index contributed by atoms with van der Waals surface area (Å²) < 4.78 is 9.20. The van der Waals surface area contributed by atoms with Crippen molar-refractivity contribution in [2.24, 2.45) is 0 Å². The smallest absolute Gasteiger partial charge is 0.423 e. The molecule has 6 heterocycles. The number of nitrogens with zero attached hydrogens (tertiary/aromatic N) is 4. The number of fused-ring (bicyclic) bond motifs is 12. The van der Waals surface area contributed by atoms with Crippen LogP contribution in [-0.2, 0) is 0 Å². The summed E-state index contributed by atoms with van der Waals surface area (Å²) in [5.74, 6) is 0. The van der Waals surface area contributed by atoms with Crippen LogP contribution in [0.25, 0.3) is 92.2 Å². The normalized spacial score (nSPS) is 11.5. The van der Waals surface area contributed by atoms with Crippen molar-refractivity contribution in [1.29, 1.82) is 0 Å². The maximum Gasteiger partial charge on any atom is 0.488 e. The molecule has 0 amide bonds. The Morgan fingerprint density at radius 1 is 0.414 bits per heavy atom. The standard InChI is InChI=1S/C22H11ClN2S2.C12H9BO2S.C10H4Cl2N2S/c23-22-24-19(21-20(25-22)15-6-2-4-8-17(15)27-21)12-9-10-14-13-5-1-3-7-16(13)26-18(14)11-12;14-13(15)8-5-6-10-9-3-1-2-4-11(9)16-12(10)7-8;11-9-8-7(13-10(12)14-9)5-3-1-2-4-6(5)15-8/h1-11H;1-7,14-15H;1-4H. The number of hydrogen-bond acceptors (Lipinski definition) is 10. The van der Waals surface area contributed by atoms with Crippen molar-refractivity contribution in [3.63, 3.8) is 0 Å². The monoisotopic (exact) mass is 884 g/mol. The maximum absolute atomic E-state index is 9.12. The van der Waals surface area contributed by atoms with E-state index in [2.05, 4.69) is 92.7 Å². The second kappa shape index (κ2) is 15.4. The van der Waals surface area contributed by atoms with E-state index < -0.39 is 7.12 Å². The van der Waals surface area contributed by atoms with Crippen molar-refractivity contribution in [2.75, 3.05) is 0 Å². The van der Waals surface area contributed by atoms with E-state index in [1.54, 1.807) is 40.1 Å². The minimum Gasteiger partial charge on any atom is -0.423 e. The zero-order chi connectivity index (χ0) is 39.5. The molecule has 0 aliphatic carbocycles. The van der Waals surface area contributed by atoms with Gasteiger partial charge in [0.15, 0.2) is 5.15 Å². The zero-order valence-corrected chi connectivity index (χ0v) is 35.3. The average Bonchev–Trinajstić information content (AvgIpc) is 4.01. The van der Waals surface area contributed by atoms with Gasteiger partial charge in [0.1, 0.15) is 0 Å². The third-order valence-electron chi connectivity index (χ3n) is 9.70. The van der Waals surface area contributed by atoms with Gasteiger partial charge < -0.3 is 10.0 Å². The molecule has 0 saturated heterocycles. The third kappa shape index (κ3) is 6.86. The first kappa shape index (κ1) is 37.5. The van der Waals surface area contributed by atoms with Gasteiger partial charge in [-0.1, -0.05) is 109 Å². The lowest BCUT2D eigenvalue weighted by Crippen LogP contribution is -2.29. The molecule has 12 rings (SSSR count). The van der Waals surface area contributed by atoms with Gasteiger partial charge in [0.05, 0.1) is 26.1 Å². The quantitative estimate of drug-likeness (QED) is 0.102. The van der Waals surface area contributed by atoms with Crippen molar-refractivity contribution in [3.8, 4) is 11.3 Å². The van der Waals surface area contributed by atoms with Crippen molar-refractivity contribution >= 4 is 174 Å². The van der Waals surface area contributed by atoms with Crippen LogP contribution in [0.3, 0.4) is 0 Å². The zero-order valence-electron chi connectivity index (χ0n) is 29.7. The number of thiophene rings is 4. The van der Waals surface area contributed by atoms with Crippen molar-refractivity contribution in [2.45, 2.75) is 0 Å². The van der Waals surface area contributed by atoms with Crippen molar-refractivity contribution < 1.29 is 10.0 Å². The molecule has 0 spiro atoms. The van der Waals surface area contributed by atoms with E-state index in [-0.39, 0.29) is 10.6 Å². The van der Waals surface area contributed by atoms with Crippen LogP contribution in [0.1, 0.15) is 0 Å². The molecule has 58 heavy (non-hydrogen) atoms. The lowest BCUT2D eigenvalue weighted by atomic mass is 9.80. The molecule has 6 aromatic heterocycles. The van der Waals surface area contributed by atoms with Crippen LogP contribution < -0.4 is 5.46 Å². The Balaban J connectivity index is 0.000000113. The van der Waals surface area contributed by atoms with Gasteiger partial charge in [-0.25, -0.2) is 19.9 Å². The largest absolute Gasteiger partial charge is 0.488 e. The second-order valence-electron chi connectivity index (χ2n) is 13.2. The summed E-state index contributed by atoms with van der Waals surface area (Å²) >= 11 is 24.9. The molecule has 2 N–H and O–H groups in total. The average molecular weight is 886 g/mol. The van der Waals surface area contributed by atoms with Crippen molar-refractivity contribution in [3.05, 3.63) is 149 Å². The molecule has 6 nitrogen and oxygen atoms in total. The predicted molar refractivity (Wildman–Crippen MR) is 252 cm³/mol. The van der Waals surface area contributed by atoms with Crippen molar-refractivity contribution in [1.82, 2.24) is 19.9 Å². The van der Waals surface area contributed by atoms with Gasteiger partial charge in [-0.3, -0.25) is 0 Å². The molecule has 0 atom stereocenters. The minimum atomic E-state index is -1.39. The molecule has 0 aliphatic heterocycles. The van der Waals surface area contributed by atoms with E-state index in [1.165, 1.54) is 40.3 Å². The van der Waals surface area contributed by atoms with Crippen LogP contribution >= 0.6 is 80.1 Å². The summed E-state index contributed by atoms with van der Waals surface area (Å²) in [7, 11) is -1.39. The SMILES string of the molecule is Clc1nc(-c2ccc3c(c2)sc2ccccc23)c2sc3ccccc3c2n1.Clc1nc(Cl)c2sc3ccccc3c2n1.OB(O)c1ccc2c(c1)sc1ccccc12. The Hall–Kier alpha value is -4.79. The fourth-order valence-corrected chi connectivity index (χ4v) is 12.2. The highest BCUT2D eigenvalue weighted by molar-refractivity contribution is 7.27. The number of aromatic nitrogens is 4. The fraction of sp³-hybridized carbons (Fsp3) is 0. The van der Waals surface area contributed by atoms with Gasteiger partial charge in [0, 0.05) is 66.1 Å². The molecule has 12 aromatic rings. The summed E-state index contributed by atoms with van der Waals surface area (Å²) in [6, 6.07) is 45.1. The van der Waals surface area contributed by atoms with Gasteiger partial charge in [0.2, 0.25) is 10.6 Å². The summed E-state index contributed by atoms with van der Waals surface area (Å²) in [4.78, 5) is 17.2. The summed E-state index contributed by atoms with van der Waals surface area (Å²) in [6.45, 7) is 0. The highest BCUT2D eigenvalue weighted by atomic mass is 35.5. The van der Waals surface area contributed by atoms with E-state index in [4.69, 9.17) is 44.9 Å². The molecule has 0 fully saturated rings. The van der Waals surface area contributed by atoms with E-state index >= 15 is 0 Å². The van der Waals surface area contributed by atoms with E-state index in [0.29, 0.717) is 10.6 Å². The lowest BCUT2D eigenvalue weighted by molar-refractivity contribution is 0.426. The summed E-state index contributed by atoms with van der Waals surface area (Å²) in [5, 5.41) is 26.3. The van der Waals surface area contributed by atoms with Gasteiger partial charge in [-0.05, 0) is 65.1 Å².